The third kappa shape index (κ3) is 5.59. The molecule has 2 aromatic rings. The molecule has 0 fully saturated rings. The third-order valence-corrected chi connectivity index (χ3v) is 3.65. The SMILES string of the molecule is CNC(=O)C(Cc1ccc([N+](=O)[O-])cc1)NC(=O)OCc1ccccc1. The maximum Gasteiger partial charge on any atom is 0.408 e. The van der Waals surface area contributed by atoms with Crippen molar-refractivity contribution >= 4 is 17.7 Å². The molecule has 0 aliphatic rings. The Kier molecular flexibility index (Phi) is 6.67. The summed E-state index contributed by atoms with van der Waals surface area (Å²) in [5.74, 6) is -0.389. The van der Waals surface area contributed by atoms with Crippen LogP contribution in [0.3, 0.4) is 0 Å². The molecule has 2 N–H and O–H groups in total. The summed E-state index contributed by atoms with van der Waals surface area (Å²) in [5.41, 5.74) is 1.46. The van der Waals surface area contributed by atoms with Crippen LogP contribution < -0.4 is 10.6 Å². The summed E-state index contributed by atoms with van der Waals surface area (Å²) in [5, 5.41) is 15.7. The number of carbonyl (C=O) groups excluding carboxylic acids is 2. The van der Waals surface area contributed by atoms with Gasteiger partial charge in [0.2, 0.25) is 5.91 Å². The lowest BCUT2D eigenvalue weighted by Gasteiger charge is -2.17. The number of nitro benzene ring substituents is 1. The molecule has 136 valence electrons. The Hall–Kier alpha value is -3.42. The van der Waals surface area contributed by atoms with Gasteiger partial charge in [-0.2, -0.15) is 0 Å². The number of carbonyl (C=O) groups is 2. The first-order valence-electron chi connectivity index (χ1n) is 7.91. The molecule has 2 aromatic carbocycles. The molecule has 0 heterocycles. The maximum atomic E-state index is 12.0. The molecule has 0 saturated carbocycles. The van der Waals surface area contributed by atoms with Gasteiger partial charge in [0, 0.05) is 25.6 Å². The number of ether oxygens (including phenoxy) is 1. The first-order chi connectivity index (χ1) is 12.5. The van der Waals surface area contributed by atoms with Crippen LogP contribution in [0.15, 0.2) is 54.6 Å². The van der Waals surface area contributed by atoms with Crippen molar-refractivity contribution in [3.05, 3.63) is 75.8 Å². The standard InChI is InChI=1S/C18H19N3O5/c1-19-17(22)16(11-13-7-9-15(10-8-13)21(24)25)20-18(23)26-12-14-5-3-2-4-6-14/h2-10,16H,11-12H2,1H3,(H,19,22)(H,20,23). The van der Waals surface area contributed by atoms with Gasteiger partial charge in [-0.25, -0.2) is 4.79 Å². The number of hydrogen-bond acceptors (Lipinski definition) is 5. The minimum Gasteiger partial charge on any atom is -0.445 e. The van der Waals surface area contributed by atoms with Crippen molar-refractivity contribution in [2.75, 3.05) is 7.05 Å². The summed E-state index contributed by atoms with van der Waals surface area (Å²) in [7, 11) is 1.46. The van der Waals surface area contributed by atoms with Gasteiger partial charge in [0.05, 0.1) is 4.92 Å². The van der Waals surface area contributed by atoms with Gasteiger partial charge in [-0.3, -0.25) is 14.9 Å². The number of nitrogens with zero attached hydrogens (tertiary/aromatic N) is 1. The van der Waals surface area contributed by atoms with Crippen LogP contribution in [0.4, 0.5) is 10.5 Å². The Morgan fingerprint density at radius 2 is 1.73 bits per heavy atom. The summed E-state index contributed by atoms with van der Waals surface area (Å²) in [6.07, 6.45) is -0.540. The van der Waals surface area contributed by atoms with Crippen LogP contribution in [0.1, 0.15) is 11.1 Å². The monoisotopic (exact) mass is 357 g/mol. The summed E-state index contributed by atoms with van der Waals surface area (Å²) >= 11 is 0. The van der Waals surface area contributed by atoms with E-state index in [9.17, 15) is 19.7 Å². The molecule has 8 heteroatoms. The van der Waals surface area contributed by atoms with Crippen molar-refractivity contribution in [3.8, 4) is 0 Å². The molecule has 2 rings (SSSR count). The Morgan fingerprint density at radius 3 is 2.31 bits per heavy atom. The van der Waals surface area contributed by atoms with Crippen LogP contribution in [-0.2, 0) is 22.6 Å². The zero-order valence-electron chi connectivity index (χ0n) is 14.2. The number of nitro groups is 1. The van der Waals surface area contributed by atoms with E-state index in [1.165, 1.54) is 19.2 Å². The number of benzene rings is 2. The molecule has 1 atom stereocenters. The molecule has 0 aliphatic heterocycles. The minimum atomic E-state index is -0.857. The molecular formula is C18H19N3O5. The molecular weight excluding hydrogens is 338 g/mol. The topological polar surface area (TPSA) is 111 Å². The molecule has 0 aliphatic carbocycles. The molecule has 0 saturated heterocycles. The van der Waals surface area contributed by atoms with E-state index < -0.39 is 17.1 Å². The average Bonchev–Trinajstić information content (AvgIpc) is 2.66. The van der Waals surface area contributed by atoms with E-state index in [0.29, 0.717) is 5.56 Å². The molecule has 0 bridgehead atoms. The zero-order valence-corrected chi connectivity index (χ0v) is 14.2. The molecule has 0 spiro atoms. The summed E-state index contributed by atoms with van der Waals surface area (Å²) in [4.78, 5) is 34.2. The molecule has 1 unspecified atom stereocenters. The van der Waals surface area contributed by atoms with E-state index in [-0.39, 0.29) is 24.6 Å². The van der Waals surface area contributed by atoms with Crippen LogP contribution in [0.25, 0.3) is 0 Å². The van der Waals surface area contributed by atoms with Crippen LogP contribution in [0.5, 0.6) is 0 Å². The van der Waals surface area contributed by atoms with Gasteiger partial charge < -0.3 is 15.4 Å². The zero-order chi connectivity index (χ0) is 18.9. The van der Waals surface area contributed by atoms with Crippen LogP contribution >= 0.6 is 0 Å². The fourth-order valence-electron chi connectivity index (χ4n) is 2.28. The Bertz CT molecular complexity index is 762. The van der Waals surface area contributed by atoms with E-state index >= 15 is 0 Å². The van der Waals surface area contributed by atoms with E-state index in [1.807, 2.05) is 30.3 Å². The van der Waals surface area contributed by atoms with Gasteiger partial charge in [-0.1, -0.05) is 42.5 Å². The average molecular weight is 357 g/mol. The fourth-order valence-corrected chi connectivity index (χ4v) is 2.28. The second kappa shape index (κ2) is 9.16. The Labute approximate surface area is 150 Å². The number of non-ortho nitro benzene ring substituents is 1. The molecule has 8 nitrogen and oxygen atoms in total. The highest BCUT2D eigenvalue weighted by atomic mass is 16.6. The fraction of sp³-hybridized carbons (Fsp3) is 0.222. The van der Waals surface area contributed by atoms with Crippen molar-refractivity contribution in [1.29, 1.82) is 0 Å². The van der Waals surface area contributed by atoms with E-state index in [2.05, 4.69) is 10.6 Å². The number of amides is 2. The minimum absolute atomic E-state index is 0.0412. The predicted molar refractivity (Wildman–Crippen MR) is 94.4 cm³/mol. The van der Waals surface area contributed by atoms with Crippen molar-refractivity contribution in [2.45, 2.75) is 19.1 Å². The number of hydrogen-bond donors (Lipinski definition) is 2. The quantitative estimate of drug-likeness (QED) is 0.583. The first kappa shape index (κ1) is 18.9. The number of nitrogens with one attached hydrogen (secondary N) is 2. The lowest BCUT2D eigenvalue weighted by Crippen LogP contribution is -2.47. The van der Waals surface area contributed by atoms with E-state index in [4.69, 9.17) is 4.74 Å². The second-order valence-electron chi connectivity index (χ2n) is 5.50. The van der Waals surface area contributed by atoms with Crippen molar-refractivity contribution < 1.29 is 19.2 Å². The summed E-state index contributed by atoms with van der Waals surface area (Å²) < 4.78 is 5.12. The van der Waals surface area contributed by atoms with E-state index in [1.54, 1.807) is 12.1 Å². The smallest absolute Gasteiger partial charge is 0.408 e. The van der Waals surface area contributed by atoms with Crippen molar-refractivity contribution in [3.63, 3.8) is 0 Å². The third-order valence-electron chi connectivity index (χ3n) is 3.65. The molecule has 2 amide bonds. The number of rotatable bonds is 7. The lowest BCUT2D eigenvalue weighted by atomic mass is 10.1. The highest BCUT2D eigenvalue weighted by Gasteiger charge is 2.21. The van der Waals surface area contributed by atoms with Crippen LogP contribution in [-0.4, -0.2) is 30.0 Å². The maximum absolute atomic E-state index is 12.0. The van der Waals surface area contributed by atoms with Gasteiger partial charge in [-0.05, 0) is 11.1 Å². The first-order valence-corrected chi connectivity index (χ1v) is 7.91. The van der Waals surface area contributed by atoms with E-state index in [0.717, 1.165) is 5.56 Å². The van der Waals surface area contributed by atoms with Crippen LogP contribution in [0, 0.1) is 10.1 Å². The predicted octanol–water partition coefficient (Wildman–Crippen LogP) is 2.18. The number of likely N-dealkylation sites (N-methyl/N-ethyl adjacent to an activating group) is 1. The van der Waals surface area contributed by atoms with Gasteiger partial charge >= 0.3 is 6.09 Å². The van der Waals surface area contributed by atoms with Gasteiger partial charge in [0.15, 0.2) is 0 Å². The highest BCUT2D eigenvalue weighted by molar-refractivity contribution is 5.85. The summed E-state index contributed by atoms with van der Waals surface area (Å²) in [6.45, 7) is 0.0880. The normalized spacial score (nSPS) is 11.3. The van der Waals surface area contributed by atoms with Gasteiger partial charge in [-0.15, -0.1) is 0 Å². The van der Waals surface area contributed by atoms with Gasteiger partial charge in [0.1, 0.15) is 12.6 Å². The van der Waals surface area contributed by atoms with Gasteiger partial charge in [0.25, 0.3) is 5.69 Å². The molecule has 0 radical (unpaired) electrons. The van der Waals surface area contributed by atoms with Crippen molar-refractivity contribution in [2.24, 2.45) is 0 Å². The summed E-state index contributed by atoms with van der Waals surface area (Å²) in [6, 6.07) is 14.1. The molecule has 0 aromatic heterocycles. The van der Waals surface area contributed by atoms with Crippen LogP contribution in [0.2, 0.25) is 0 Å². The largest absolute Gasteiger partial charge is 0.445 e. The highest BCUT2D eigenvalue weighted by Crippen LogP contribution is 2.13. The Morgan fingerprint density at radius 1 is 1.08 bits per heavy atom. The van der Waals surface area contributed by atoms with Crippen molar-refractivity contribution in [1.82, 2.24) is 10.6 Å². The Balaban J connectivity index is 1.96. The lowest BCUT2D eigenvalue weighted by molar-refractivity contribution is -0.384. The second-order valence-corrected chi connectivity index (χ2v) is 5.50. The molecule has 26 heavy (non-hydrogen) atoms. The number of alkyl carbamates (subject to hydrolysis) is 1.